The largest absolute Gasteiger partial charge is 0.369 e. The van der Waals surface area contributed by atoms with Gasteiger partial charge in [-0.1, -0.05) is 22.0 Å². The first-order valence-corrected chi connectivity index (χ1v) is 5.66. The SMILES string of the molecule is CC1(C)CN=C(N)N1c1cccc(Br)c1. The van der Waals surface area contributed by atoms with Gasteiger partial charge in [0, 0.05) is 10.2 Å². The van der Waals surface area contributed by atoms with Crippen molar-refractivity contribution < 1.29 is 0 Å². The second-order valence-electron chi connectivity index (χ2n) is 4.30. The predicted molar refractivity (Wildman–Crippen MR) is 67.2 cm³/mol. The maximum atomic E-state index is 5.90. The molecular formula is C11H14BrN3. The summed E-state index contributed by atoms with van der Waals surface area (Å²) >= 11 is 3.46. The number of nitrogens with zero attached hydrogens (tertiary/aromatic N) is 2. The highest BCUT2D eigenvalue weighted by molar-refractivity contribution is 9.10. The summed E-state index contributed by atoms with van der Waals surface area (Å²) in [6.45, 7) is 5.01. The van der Waals surface area contributed by atoms with Gasteiger partial charge in [-0.15, -0.1) is 0 Å². The third-order valence-corrected chi connectivity index (χ3v) is 3.02. The number of aliphatic imine (C=N–C) groups is 1. The molecule has 2 rings (SSSR count). The Bertz CT molecular complexity index is 412. The molecule has 1 aromatic carbocycles. The topological polar surface area (TPSA) is 41.6 Å². The van der Waals surface area contributed by atoms with E-state index in [1.807, 2.05) is 18.2 Å². The molecule has 0 spiro atoms. The van der Waals surface area contributed by atoms with Crippen LogP contribution in [0.25, 0.3) is 0 Å². The van der Waals surface area contributed by atoms with Crippen LogP contribution in [0, 0.1) is 0 Å². The van der Waals surface area contributed by atoms with Crippen LogP contribution in [0.2, 0.25) is 0 Å². The molecule has 0 amide bonds. The van der Waals surface area contributed by atoms with Gasteiger partial charge < -0.3 is 10.6 Å². The number of hydrogen-bond acceptors (Lipinski definition) is 3. The van der Waals surface area contributed by atoms with Crippen LogP contribution in [-0.2, 0) is 0 Å². The standard InChI is InChI=1S/C11H14BrN3/c1-11(2)7-14-10(13)15(11)9-5-3-4-8(12)6-9/h3-6H,7H2,1-2H3,(H2,13,14). The molecule has 0 radical (unpaired) electrons. The molecule has 0 saturated heterocycles. The van der Waals surface area contributed by atoms with E-state index in [9.17, 15) is 0 Å². The van der Waals surface area contributed by atoms with E-state index in [-0.39, 0.29) is 5.54 Å². The lowest BCUT2D eigenvalue weighted by molar-refractivity contribution is 0.557. The Morgan fingerprint density at radius 3 is 2.73 bits per heavy atom. The van der Waals surface area contributed by atoms with E-state index in [0.29, 0.717) is 5.96 Å². The van der Waals surface area contributed by atoms with E-state index in [2.05, 4.69) is 45.7 Å². The highest BCUT2D eigenvalue weighted by Crippen LogP contribution is 2.29. The quantitative estimate of drug-likeness (QED) is 0.849. The van der Waals surface area contributed by atoms with Crippen LogP contribution in [0.4, 0.5) is 5.69 Å². The highest BCUT2D eigenvalue weighted by atomic mass is 79.9. The molecule has 3 nitrogen and oxygen atoms in total. The summed E-state index contributed by atoms with van der Waals surface area (Å²) in [5, 5.41) is 0. The first kappa shape index (κ1) is 10.5. The van der Waals surface area contributed by atoms with Crippen molar-refractivity contribution >= 4 is 27.6 Å². The summed E-state index contributed by atoms with van der Waals surface area (Å²) in [4.78, 5) is 6.35. The molecule has 0 fully saturated rings. The fraction of sp³-hybridized carbons (Fsp3) is 0.364. The number of benzene rings is 1. The third kappa shape index (κ3) is 1.86. The van der Waals surface area contributed by atoms with Gasteiger partial charge in [0.15, 0.2) is 5.96 Å². The Labute approximate surface area is 98.1 Å². The van der Waals surface area contributed by atoms with Crippen molar-refractivity contribution in [1.29, 1.82) is 0 Å². The summed E-state index contributed by atoms with van der Waals surface area (Å²) in [5.74, 6) is 0.595. The Balaban J connectivity index is 2.42. The van der Waals surface area contributed by atoms with Crippen molar-refractivity contribution in [2.45, 2.75) is 19.4 Å². The van der Waals surface area contributed by atoms with Crippen molar-refractivity contribution in [2.75, 3.05) is 11.4 Å². The second-order valence-corrected chi connectivity index (χ2v) is 5.22. The number of hydrogen-bond donors (Lipinski definition) is 1. The number of halogens is 1. The van der Waals surface area contributed by atoms with Gasteiger partial charge in [-0.25, -0.2) is 0 Å². The lowest BCUT2D eigenvalue weighted by Gasteiger charge is -2.32. The lowest BCUT2D eigenvalue weighted by atomic mass is 10.0. The van der Waals surface area contributed by atoms with Crippen molar-refractivity contribution in [3.63, 3.8) is 0 Å². The molecule has 1 heterocycles. The van der Waals surface area contributed by atoms with Crippen molar-refractivity contribution in [1.82, 2.24) is 0 Å². The van der Waals surface area contributed by atoms with Gasteiger partial charge >= 0.3 is 0 Å². The van der Waals surface area contributed by atoms with Gasteiger partial charge in [-0.3, -0.25) is 4.99 Å². The van der Waals surface area contributed by atoms with Gasteiger partial charge in [0.1, 0.15) is 0 Å². The minimum atomic E-state index is -0.0368. The summed E-state index contributed by atoms with van der Waals surface area (Å²) in [7, 11) is 0. The zero-order valence-corrected chi connectivity index (χ0v) is 10.5. The van der Waals surface area contributed by atoms with Gasteiger partial charge in [0.25, 0.3) is 0 Å². The van der Waals surface area contributed by atoms with Crippen LogP contribution in [0.1, 0.15) is 13.8 Å². The Kier molecular flexibility index (Phi) is 2.46. The van der Waals surface area contributed by atoms with E-state index in [4.69, 9.17) is 5.73 Å². The van der Waals surface area contributed by atoms with Gasteiger partial charge in [0.05, 0.1) is 12.1 Å². The minimum absolute atomic E-state index is 0.0368. The maximum Gasteiger partial charge on any atom is 0.196 e. The average Bonchev–Trinajstić information content (AvgIpc) is 2.40. The Morgan fingerprint density at radius 2 is 2.20 bits per heavy atom. The molecule has 0 aromatic heterocycles. The fourth-order valence-corrected chi connectivity index (χ4v) is 2.21. The first-order valence-electron chi connectivity index (χ1n) is 4.86. The third-order valence-electron chi connectivity index (χ3n) is 2.53. The number of nitrogens with two attached hydrogens (primary N) is 1. The monoisotopic (exact) mass is 267 g/mol. The van der Waals surface area contributed by atoms with E-state index in [1.165, 1.54) is 0 Å². The van der Waals surface area contributed by atoms with Crippen molar-refractivity contribution in [3.8, 4) is 0 Å². The van der Waals surface area contributed by atoms with Crippen LogP contribution < -0.4 is 10.6 Å². The smallest absolute Gasteiger partial charge is 0.196 e. The van der Waals surface area contributed by atoms with Crippen LogP contribution in [0.15, 0.2) is 33.7 Å². The van der Waals surface area contributed by atoms with Crippen molar-refractivity contribution in [3.05, 3.63) is 28.7 Å². The van der Waals surface area contributed by atoms with E-state index in [1.54, 1.807) is 0 Å². The molecule has 2 N–H and O–H groups in total. The lowest BCUT2D eigenvalue weighted by Crippen LogP contribution is -2.47. The first-order chi connectivity index (χ1) is 7.00. The molecule has 0 aliphatic carbocycles. The molecule has 1 aromatic rings. The second kappa shape index (κ2) is 3.52. The predicted octanol–water partition coefficient (Wildman–Crippen LogP) is 2.36. The van der Waals surface area contributed by atoms with E-state index in [0.717, 1.165) is 16.7 Å². The molecule has 1 aliphatic rings. The fourth-order valence-electron chi connectivity index (χ4n) is 1.82. The van der Waals surface area contributed by atoms with Crippen molar-refractivity contribution in [2.24, 2.45) is 10.7 Å². The van der Waals surface area contributed by atoms with Gasteiger partial charge in [-0.05, 0) is 32.0 Å². The normalized spacial score (nSPS) is 19.1. The number of anilines is 1. The van der Waals surface area contributed by atoms with Crippen LogP contribution in [-0.4, -0.2) is 18.0 Å². The van der Waals surface area contributed by atoms with Gasteiger partial charge in [0.2, 0.25) is 0 Å². The molecule has 80 valence electrons. The van der Waals surface area contributed by atoms with Gasteiger partial charge in [-0.2, -0.15) is 0 Å². The summed E-state index contributed by atoms with van der Waals surface area (Å²) in [6.07, 6.45) is 0. The van der Waals surface area contributed by atoms with E-state index >= 15 is 0 Å². The zero-order chi connectivity index (χ0) is 11.1. The summed E-state index contributed by atoms with van der Waals surface area (Å²) in [5.41, 5.74) is 6.94. The summed E-state index contributed by atoms with van der Waals surface area (Å²) < 4.78 is 1.05. The number of guanidine groups is 1. The summed E-state index contributed by atoms with van der Waals surface area (Å²) in [6, 6.07) is 8.09. The molecule has 15 heavy (non-hydrogen) atoms. The molecule has 0 unspecified atom stereocenters. The Hall–Kier alpha value is -1.03. The molecule has 1 aliphatic heterocycles. The van der Waals surface area contributed by atoms with Crippen LogP contribution in [0.3, 0.4) is 0 Å². The Morgan fingerprint density at radius 1 is 1.47 bits per heavy atom. The molecule has 0 atom stereocenters. The molecule has 0 saturated carbocycles. The van der Waals surface area contributed by atoms with E-state index < -0.39 is 0 Å². The zero-order valence-electron chi connectivity index (χ0n) is 8.87. The molecule has 4 heteroatoms. The van der Waals surface area contributed by atoms with Crippen LogP contribution >= 0.6 is 15.9 Å². The minimum Gasteiger partial charge on any atom is -0.369 e. The average molecular weight is 268 g/mol. The molecule has 0 bridgehead atoms. The molecular weight excluding hydrogens is 254 g/mol. The maximum absolute atomic E-state index is 5.90. The van der Waals surface area contributed by atoms with Crippen LogP contribution in [0.5, 0.6) is 0 Å². The highest BCUT2D eigenvalue weighted by Gasteiger charge is 2.34. The number of rotatable bonds is 1.